The molecule has 1 saturated carbocycles. The second-order valence-electron chi connectivity index (χ2n) is 5.96. The number of carbonyl (C=O) groups is 1. The summed E-state index contributed by atoms with van der Waals surface area (Å²) in [6.45, 7) is 4.68. The monoisotopic (exact) mass is 361 g/mol. The molecule has 0 aromatic heterocycles. The second-order valence-corrected chi connectivity index (χ2v) is 5.96. The van der Waals surface area contributed by atoms with Crippen LogP contribution in [0.15, 0.2) is 24.3 Å². The first-order chi connectivity index (χ1) is 10.2. The third-order valence-electron chi connectivity index (χ3n) is 4.25. The van der Waals surface area contributed by atoms with E-state index in [1.54, 1.807) is 12.1 Å². The molecule has 23 heavy (non-hydrogen) atoms. The number of halogens is 2. The molecule has 1 saturated heterocycles. The van der Waals surface area contributed by atoms with Crippen LogP contribution >= 0.6 is 24.8 Å². The van der Waals surface area contributed by atoms with Crippen LogP contribution in [0.3, 0.4) is 0 Å². The Morgan fingerprint density at radius 1 is 1.09 bits per heavy atom. The molecule has 0 radical (unpaired) electrons. The van der Waals surface area contributed by atoms with Crippen molar-refractivity contribution in [1.82, 2.24) is 10.2 Å². The molecule has 1 amide bonds. The Bertz CT molecular complexity index is 487. The molecule has 0 spiro atoms. The van der Waals surface area contributed by atoms with Crippen LogP contribution in [0.4, 0.5) is 5.69 Å². The number of hydrogen-bond donors (Lipinski definition) is 2. The zero-order valence-corrected chi connectivity index (χ0v) is 14.7. The summed E-state index contributed by atoms with van der Waals surface area (Å²) in [6.07, 6.45) is 2.62. The van der Waals surface area contributed by atoms with E-state index in [9.17, 15) is 9.90 Å². The minimum absolute atomic E-state index is 0. The highest BCUT2D eigenvalue weighted by Crippen LogP contribution is 2.27. The maximum absolute atomic E-state index is 12.1. The van der Waals surface area contributed by atoms with Crippen LogP contribution < -0.4 is 10.2 Å². The Morgan fingerprint density at radius 2 is 1.70 bits per heavy atom. The highest BCUT2D eigenvalue weighted by molar-refractivity contribution is 5.85. The zero-order valence-electron chi connectivity index (χ0n) is 13.1. The first-order valence-corrected chi connectivity index (χ1v) is 7.75. The molecule has 3 rings (SSSR count). The second kappa shape index (κ2) is 9.21. The third kappa shape index (κ3) is 5.75. The molecule has 0 unspecified atom stereocenters. The van der Waals surface area contributed by atoms with Gasteiger partial charge in [0.2, 0.25) is 5.91 Å². The molecule has 2 fully saturated rings. The highest BCUT2D eigenvalue weighted by Gasteiger charge is 2.23. The molecule has 0 bridgehead atoms. The van der Waals surface area contributed by atoms with Crippen molar-refractivity contribution in [2.45, 2.75) is 12.8 Å². The van der Waals surface area contributed by atoms with E-state index in [-0.39, 0.29) is 36.5 Å². The molecular formula is C16H25Cl2N3O2. The van der Waals surface area contributed by atoms with Gasteiger partial charge in [0.15, 0.2) is 0 Å². The predicted molar refractivity (Wildman–Crippen MR) is 97.0 cm³/mol. The summed E-state index contributed by atoms with van der Waals surface area (Å²) in [5.74, 6) is 1.31. The van der Waals surface area contributed by atoms with E-state index in [0.29, 0.717) is 6.54 Å². The Morgan fingerprint density at radius 3 is 2.26 bits per heavy atom. The third-order valence-corrected chi connectivity index (χ3v) is 4.25. The van der Waals surface area contributed by atoms with Crippen LogP contribution in [0, 0.1) is 5.92 Å². The predicted octanol–water partition coefficient (Wildman–Crippen LogP) is 1.88. The lowest BCUT2D eigenvalue weighted by Gasteiger charge is -2.36. The molecule has 1 aromatic rings. The quantitative estimate of drug-likeness (QED) is 0.840. The number of amides is 1. The molecule has 5 nitrogen and oxygen atoms in total. The van der Waals surface area contributed by atoms with Gasteiger partial charge in [0, 0.05) is 31.9 Å². The lowest BCUT2D eigenvalue weighted by atomic mass is 10.2. The van der Waals surface area contributed by atoms with E-state index < -0.39 is 0 Å². The van der Waals surface area contributed by atoms with Crippen molar-refractivity contribution in [2.75, 3.05) is 44.2 Å². The van der Waals surface area contributed by atoms with Crippen molar-refractivity contribution in [1.29, 1.82) is 0 Å². The largest absolute Gasteiger partial charge is 0.508 e. The van der Waals surface area contributed by atoms with Gasteiger partial charge in [-0.1, -0.05) is 0 Å². The Balaban J connectivity index is 0.00000132. The molecule has 1 heterocycles. The summed E-state index contributed by atoms with van der Waals surface area (Å²) in [5, 5.41) is 12.6. The zero-order chi connectivity index (χ0) is 14.7. The van der Waals surface area contributed by atoms with E-state index in [1.807, 2.05) is 17.0 Å². The fourth-order valence-corrected chi connectivity index (χ4v) is 2.69. The van der Waals surface area contributed by atoms with E-state index in [1.165, 1.54) is 12.8 Å². The van der Waals surface area contributed by atoms with Gasteiger partial charge in [0.25, 0.3) is 0 Å². The van der Waals surface area contributed by atoms with Crippen molar-refractivity contribution in [3.63, 3.8) is 0 Å². The average Bonchev–Trinajstić information content (AvgIpc) is 3.32. The van der Waals surface area contributed by atoms with E-state index in [2.05, 4.69) is 10.2 Å². The smallest absolute Gasteiger partial charge is 0.236 e. The summed E-state index contributed by atoms with van der Waals surface area (Å²) in [4.78, 5) is 16.3. The minimum atomic E-state index is 0. The lowest BCUT2D eigenvalue weighted by molar-refractivity contribution is -0.130. The normalized spacial score (nSPS) is 17.2. The van der Waals surface area contributed by atoms with Crippen LogP contribution in [0.2, 0.25) is 0 Å². The van der Waals surface area contributed by atoms with Gasteiger partial charge in [0.1, 0.15) is 5.75 Å². The number of nitrogens with zero attached hydrogens (tertiary/aromatic N) is 2. The summed E-state index contributed by atoms with van der Waals surface area (Å²) >= 11 is 0. The first-order valence-electron chi connectivity index (χ1n) is 7.75. The number of piperazine rings is 1. The molecule has 130 valence electrons. The number of phenols is 1. The van der Waals surface area contributed by atoms with Gasteiger partial charge in [-0.25, -0.2) is 0 Å². The number of rotatable bonds is 5. The van der Waals surface area contributed by atoms with Crippen LogP contribution in [0.5, 0.6) is 5.75 Å². The highest BCUT2D eigenvalue weighted by atomic mass is 35.5. The van der Waals surface area contributed by atoms with Gasteiger partial charge in [-0.2, -0.15) is 0 Å². The van der Waals surface area contributed by atoms with Crippen LogP contribution in [0.25, 0.3) is 0 Å². The molecule has 7 heteroatoms. The van der Waals surface area contributed by atoms with Crippen LogP contribution in [-0.2, 0) is 4.79 Å². The van der Waals surface area contributed by atoms with Crippen LogP contribution in [-0.4, -0.2) is 55.2 Å². The lowest BCUT2D eigenvalue weighted by Crippen LogP contribution is -2.51. The van der Waals surface area contributed by atoms with Crippen molar-refractivity contribution < 1.29 is 9.90 Å². The maximum atomic E-state index is 12.1. The van der Waals surface area contributed by atoms with Crippen molar-refractivity contribution in [3.8, 4) is 5.75 Å². The molecule has 0 atom stereocenters. The fraction of sp³-hybridized carbons (Fsp3) is 0.562. The van der Waals surface area contributed by atoms with Gasteiger partial charge in [-0.05, 0) is 49.6 Å². The summed E-state index contributed by atoms with van der Waals surface area (Å²) in [5.41, 5.74) is 1.10. The molecular weight excluding hydrogens is 337 g/mol. The Kier molecular flexibility index (Phi) is 7.95. The van der Waals surface area contributed by atoms with Crippen molar-refractivity contribution in [2.24, 2.45) is 5.92 Å². The summed E-state index contributed by atoms with van der Waals surface area (Å²) in [7, 11) is 0. The number of aromatic hydroxyl groups is 1. The molecule has 1 aromatic carbocycles. The number of hydrogen-bond acceptors (Lipinski definition) is 4. The van der Waals surface area contributed by atoms with Crippen molar-refractivity contribution >= 4 is 36.4 Å². The Hall–Kier alpha value is -1.17. The van der Waals surface area contributed by atoms with E-state index in [0.717, 1.165) is 44.3 Å². The Labute approximate surface area is 149 Å². The van der Waals surface area contributed by atoms with Gasteiger partial charge < -0.3 is 20.2 Å². The maximum Gasteiger partial charge on any atom is 0.236 e. The van der Waals surface area contributed by atoms with Crippen LogP contribution in [0.1, 0.15) is 12.8 Å². The SMILES string of the molecule is Cl.Cl.O=C(CNCC1CC1)N1CCN(c2ccc(O)cc2)CC1. The number of benzene rings is 1. The summed E-state index contributed by atoms with van der Waals surface area (Å²) < 4.78 is 0. The molecule has 2 N–H and O–H groups in total. The summed E-state index contributed by atoms with van der Waals surface area (Å²) in [6, 6.07) is 7.25. The number of nitrogens with one attached hydrogen (secondary N) is 1. The van der Waals surface area contributed by atoms with E-state index >= 15 is 0 Å². The number of carbonyl (C=O) groups excluding carboxylic acids is 1. The van der Waals surface area contributed by atoms with Gasteiger partial charge in [-0.3, -0.25) is 4.79 Å². The topological polar surface area (TPSA) is 55.8 Å². The molecule has 2 aliphatic rings. The molecule has 1 aliphatic carbocycles. The average molecular weight is 362 g/mol. The number of anilines is 1. The van der Waals surface area contributed by atoms with E-state index in [4.69, 9.17) is 0 Å². The number of phenolic OH excluding ortho intramolecular Hbond substituents is 1. The molecule has 1 aliphatic heterocycles. The van der Waals surface area contributed by atoms with Gasteiger partial charge in [-0.15, -0.1) is 24.8 Å². The van der Waals surface area contributed by atoms with Gasteiger partial charge >= 0.3 is 0 Å². The van der Waals surface area contributed by atoms with Gasteiger partial charge in [0.05, 0.1) is 6.54 Å². The fourth-order valence-electron chi connectivity index (χ4n) is 2.69. The standard InChI is InChI=1S/C16H23N3O2.2ClH/c20-15-5-3-14(4-6-15)18-7-9-19(10-8-18)16(21)12-17-11-13-1-2-13;;/h3-6,13,17,20H,1-2,7-12H2;2*1H. The minimum Gasteiger partial charge on any atom is -0.508 e. The van der Waals surface area contributed by atoms with Crippen molar-refractivity contribution in [3.05, 3.63) is 24.3 Å². The first kappa shape index (κ1) is 19.9.